The Morgan fingerprint density at radius 2 is 0.770 bits per heavy atom. The lowest BCUT2D eigenvalue weighted by atomic mass is 9.92. The lowest BCUT2D eigenvalue weighted by molar-refractivity contribution is 1.08. The number of rotatable bonds is 6. The second kappa shape index (κ2) is 14.3. The van der Waals surface area contributed by atoms with Crippen LogP contribution in [-0.2, 0) is 0 Å². The Morgan fingerprint density at radius 1 is 0.279 bits per heavy atom. The Morgan fingerprint density at radius 3 is 1.43 bits per heavy atom. The van der Waals surface area contributed by atoms with E-state index in [0.29, 0.717) is 17.5 Å². The normalized spacial score (nSPS) is 11.6. The van der Waals surface area contributed by atoms with Gasteiger partial charge in [-0.1, -0.05) is 200 Å². The third-order valence-electron chi connectivity index (χ3n) is 12.0. The van der Waals surface area contributed by atoms with Crippen molar-refractivity contribution in [2.45, 2.75) is 0 Å². The van der Waals surface area contributed by atoms with Crippen molar-refractivity contribution in [1.82, 2.24) is 19.5 Å². The molecule has 0 bridgehead atoms. The third-order valence-corrected chi connectivity index (χ3v) is 12.0. The minimum Gasteiger partial charge on any atom is -0.307 e. The fourth-order valence-corrected chi connectivity index (χ4v) is 9.10. The van der Waals surface area contributed by atoms with Gasteiger partial charge < -0.3 is 4.57 Å². The van der Waals surface area contributed by atoms with Crippen LogP contribution in [0, 0.1) is 0 Å². The van der Waals surface area contributed by atoms with Crippen LogP contribution < -0.4 is 0 Å². The molecule has 0 spiro atoms. The highest BCUT2D eigenvalue weighted by Crippen LogP contribution is 2.46. The molecule has 10 aromatic carbocycles. The molecule has 0 aliphatic rings. The van der Waals surface area contributed by atoms with Gasteiger partial charge in [0.15, 0.2) is 17.5 Å². The molecule has 0 atom stereocenters. The van der Waals surface area contributed by atoms with Gasteiger partial charge in [0.2, 0.25) is 0 Å². The molecular formula is C57H36N4. The summed E-state index contributed by atoms with van der Waals surface area (Å²) >= 11 is 0. The highest BCUT2D eigenvalue weighted by Gasteiger charge is 2.24. The van der Waals surface area contributed by atoms with Crippen molar-refractivity contribution < 1.29 is 0 Å². The molecule has 2 heterocycles. The van der Waals surface area contributed by atoms with Crippen LogP contribution in [0.25, 0.3) is 116 Å². The highest BCUT2D eigenvalue weighted by atomic mass is 15.0. The van der Waals surface area contributed by atoms with Gasteiger partial charge in [0, 0.05) is 43.8 Å². The quantitative estimate of drug-likeness (QED) is 0.169. The lowest BCUT2D eigenvalue weighted by Crippen LogP contribution is -2.03. The topological polar surface area (TPSA) is 43.6 Å². The third kappa shape index (κ3) is 5.88. The number of aromatic nitrogens is 4. The van der Waals surface area contributed by atoms with Gasteiger partial charge in [-0.2, -0.15) is 0 Å². The average Bonchev–Trinajstić information content (AvgIpc) is 3.66. The Bertz CT molecular complexity index is 3560. The van der Waals surface area contributed by atoms with Crippen LogP contribution in [0.5, 0.6) is 0 Å². The molecule has 4 heteroatoms. The van der Waals surface area contributed by atoms with Crippen LogP contribution in [0.3, 0.4) is 0 Å². The van der Waals surface area contributed by atoms with Gasteiger partial charge in [0.1, 0.15) is 0 Å². The van der Waals surface area contributed by atoms with Crippen LogP contribution in [0.4, 0.5) is 0 Å². The molecule has 284 valence electrons. The van der Waals surface area contributed by atoms with Crippen LogP contribution >= 0.6 is 0 Å². The minimum atomic E-state index is 0.622. The van der Waals surface area contributed by atoms with Gasteiger partial charge in [-0.3, -0.25) is 0 Å². The van der Waals surface area contributed by atoms with E-state index in [2.05, 4.69) is 187 Å². The second-order valence-electron chi connectivity index (χ2n) is 15.6. The van der Waals surface area contributed by atoms with Gasteiger partial charge in [0.05, 0.1) is 16.7 Å². The summed E-state index contributed by atoms with van der Waals surface area (Å²) < 4.78 is 2.53. The highest BCUT2D eigenvalue weighted by molar-refractivity contribution is 6.22. The Hall–Kier alpha value is -8.21. The standard InChI is InChI=1S/C57H36N4/c1-4-16-37(17-5-1)38-28-30-40(31-29-38)49-36-51(57-59-55(41-19-6-2-7-20-41)58-56(60-57)42-21-8-3-9-22-42)46-26-14-15-27-47(46)54(49)61-52-35-44-24-11-10-23-43(44)34-50(52)48-33-32-39-18-12-13-25-45(39)53(48)61/h1-36H. The smallest absolute Gasteiger partial charge is 0.164 e. The molecule has 0 saturated carbocycles. The Kier molecular flexibility index (Phi) is 8.13. The fraction of sp³-hybridized carbons (Fsp3) is 0. The van der Waals surface area contributed by atoms with E-state index in [9.17, 15) is 0 Å². The fourth-order valence-electron chi connectivity index (χ4n) is 9.10. The van der Waals surface area contributed by atoms with E-state index in [1.54, 1.807) is 0 Å². The predicted molar refractivity (Wildman–Crippen MR) is 254 cm³/mol. The molecule has 0 saturated heterocycles. The van der Waals surface area contributed by atoms with Crippen molar-refractivity contribution in [1.29, 1.82) is 0 Å². The number of nitrogens with zero attached hydrogens (tertiary/aromatic N) is 4. The van der Waals surface area contributed by atoms with Gasteiger partial charge in [-0.25, -0.2) is 15.0 Å². The Labute approximate surface area is 352 Å². The van der Waals surface area contributed by atoms with Crippen LogP contribution in [-0.4, -0.2) is 19.5 Å². The monoisotopic (exact) mass is 776 g/mol. The largest absolute Gasteiger partial charge is 0.307 e. The van der Waals surface area contributed by atoms with Crippen molar-refractivity contribution in [3.05, 3.63) is 218 Å². The second-order valence-corrected chi connectivity index (χ2v) is 15.6. The number of hydrogen-bond donors (Lipinski definition) is 0. The van der Waals surface area contributed by atoms with E-state index < -0.39 is 0 Å². The summed E-state index contributed by atoms with van der Waals surface area (Å²) in [4.78, 5) is 15.6. The molecule has 0 aliphatic heterocycles. The summed E-state index contributed by atoms with van der Waals surface area (Å²) in [5, 5.41) is 9.42. The molecule has 0 radical (unpaired) electrons. The molecule has 12 aromatic rings. The first-order valence-electron chi connectivity index (χ1n) is 20.7. The molecule has 61 heavy (non-hydrogen) atoms. The zero-order valence-electron chi connectivity index (χ0n) is 33.1. The van der Waals surface area contributed by atoms with Crippen LogP contribution in [0.2, 0.25) is 0 Å². The van der Waals surface area contributed by atoms with E-state index in [-0.39, 0.29) is 0 Å². The van der Waals surface area contributed by atoms with Gasteiger partial charge >= 0.3 is 0 Å². The molecule has 0 aliphatic carbocycles. The molecule has 4 nitrogen and oxygen atoms in total. The molecule has 0 amide bonds. The summed E-state index contributed by atoms with van der Waals surface area (Å²) in [5.41, 5.74) is 10.8. The average molecular weight is 777 g/mol. The lowest BCUT2D eigenvalue weighted by Gasteiger charge is -2.21. The molecule has 2 aromatic heterocycles. The summed E-state index contributed by atoms with van der Waals surface area (Å²) in [6.45, 7) is 0. The zero-order chi connectivity index (χ0) is 40.3. The van der Waals surface area contributed by atoms with Crippen LogP contribution in [0.15, 0.2) is 218 Å². The van der Waals surface area contributed by atoms with Crippen molar-refractivity contribution in [3.8, 4) is 62.1 Å². The molecular weight excluding hydrogens is 741 g/mol. The first-order valence-corrected chi connectivity index (χ1v) is 20.7. The molecule has 12 rings (SSSR count). The summed E-state index contributed by atoms with van der Waals surface area (Å²) in [6, 6.07) is 77.8. The van der Waals surface area contributed by atoms with Gasteiger partial charge in [-0.05, 0) is 56.4 Å². The number of hydrogen-bond acceptors (Lipinski definition) is 3. The minimum absolute atomic E-state index is 0.622. The molecule has 0 N–H and O–H groups in total. The SMILES string of the molecule is c1ccc(-c2ccc(-c3cc(-c4nc(-c5ccccc5)nc(-c5ccccc5)n4)c4ccccc4c3-n3c4cc5ccccc5cc4c4ccc5ccccc5c43)cc2)cc1. The van der Waals surface area contributed by atoms with E-state index in [0.717, 1.165) is 49.8 Å². The first kappa shape index (κ1) is 34.8. The maximum absolute atomic E-state index is 5.28. The molecule has 0 unspecified atom stereocenters. The zero-order valence-corrected chi connectivity index (χ0v) is 33.1. The van der Waals surface area contributed by atoms with E-state index in [4.69, 9.17) is 15.0 Å². The van der Waals surface area contributed by atoms with Gasteiger partial charge in [0.25, 0.3) is 0 Å². The maximum Gasteiger partial charge on any atom is 0.164 e. The van der Waals surface area contributed by atoms with Crippen molar-refractivity contribution in [2.24, 2.45) is 0 Å². The number of fused-ring (bicyclic) bond motifs is 7. The van der Waals surface area contributed by atoms with E-state index in [1.807, 2.05) is 36.4 Å². The number of benzene rings is 10. The van der Waals surface area contributed by atoms with Gasteiger partial charge in [-0.15, -0.1) is 0 Å². The summed E-state index contributed by atoms with van der Waals surface area (Å²) in [6.07, 6.45) is 0. The first-order chi connectivity index (χ1) is 30.2. The van der Waals surface area contributed by atoms with Crippen molar-refractivity contribution >= 4 is 54.1 Å². The Balaban J connectivity index is 1.22. The van der Waals surface area contributed by atoms with Crippen molar-refractivity contribution in [3.63, 3.8) is 0 Å². The summed E-state index contributed by atoms with van der Waals surface area (Å²) in [7, 11) is 0. The maximum atomic E-state index is 5.28. The van der Waals surface area contributed by atoms with E-state index >= 15 is 0 Å². The van der Waals surface area contributed by atoms with Crippen LogP contribution in [0.1, 0.15) is 0 Å². The van der Waals surface area contributed by atoms with E-state index in [1.165, 1.54) is 49.0 Å². The summed E-state index contributed by atoms with van der Waals surface area (Å²) in [5.74, 6) is 1.88. The predicted octanol–water partition coefficient (Wildman–Crippen LogP) is 14.8. The van der Waals surface area contributed by atoms with Crippen molar-refractivity contribution in [2.75, 3.05) is 0 Å². The molecule has 0 fully saturated rings.